The highest BCUT2D eigenvalue weighted by Crippen LogP contribution is 2.42. The van der Waals surface area contributed by atoms with Gasteiger partial charge < -0.3 is 14.8 Å². The first-order valence-corrected chi connectivity index (χ1v) is 13.4. The van der Waals surface area contributed by atoms with Gasteiger partial charge in [0.2, 0.25) is 5.95 Å². The van der Waals surface area contributed by atoms with E-state index in [0.29, 0.717) is 32.7 Å². The number of halogens is 2. The molecule has 202 valence electrons. The molecule has 0 atom stereocenters. The van der Waals surface area contributed by atoms with E-state index in [4.69, 9.17) is 32.7 Å². The predicted octanol–water partition coefficient (Wildman–Crippen LogP) is 5.14. The van der Waals surface area contributed by atoms with Gasteiger partial charge in [0.1, 0.15) is 22.2 Å². The molecule has 2 aromatic carbocycles. The number of pyridine rings is 1. The number of urea groups is 1. The summed E-state index contributed by atoms with van der Waals surface area (Å²) in [5.41, 5.74) is 1.58. The van der Waals surface area contributed by atoms with Crippen LogP contribution >= 0.6 is 23.2 Å². The number of nitrogens with one attached hydrogen (secondary N) is 2. The van der Waals surface area contributed by atoms with E-state index in [1.165, 1.54) is 50.7 Å². The van der Waals surface area contributed by atoms with Gasteiger partial charge in [-0.3, -0.25) is 0 Å². The maximum atomic E-state index is 13.0. The second-order valence-electron chi connectivity index (χ2n) is 7.77. The van der Waals surface area contributed by atoms with Crippen LogP contribution in [0.25, 0.3) is 11.1 Å². The lowest BCUT2D eigenvalue weighted by molar-refractivity contribution is 0.250. The van der Waals surface area contributed by atoms with Gasteiger partial charge >= 0.3 is 6.03 Å². The Morgan fingerprint density at radius 1 is 0.923 bits per heavy atom. The molecule has 2 aromatic heterocycles. The molecule has 0 aliphatic heterocycles. The Morgan fingerprint density at radius 3 is 2.26 bits per heavy atom. The molecule has 0 saturated heterocycles. The van der Waals surface area contributed by atoms with E-state index in [1.807, 2.05) is 0 Å². The Morgan fingerprint density at radius 2 is 1.64 bits per heavy atom. The molecule has 0 aliphatic carbocycles. The maximum absolute atomic E-state index is 13.0. The number of nitrogens with zero attached hydrogens (tertiary/aromatic N) is 4. The second kappa shape index (κ2) is 11.7. The number of carbonyl (C=O) groups is 1. The zero-order valence-electron chi connectivity index (χ0n) is 20.8. The number of aromatic nitrogens is 3. The largest absolute Gasteiger partial charge is 0.495 e. The molecule has 0 unspecified atom stereocenters. The number of amides is 2. The van der Waals surface area contributed by atoms with Crippen LogP contribution in [0.15, 0.2) is 72.0 Å². The summed E-state index contributed by atoms with van der Waals surface area (Å²) < 4.78 is 38.7. The Balaban J connectivity index is 1.74. The average molecular weight is 589 g/mol. The Kier molecular flexibility index (Phi) is 8.38. The standard InChI is InChI=1S/C25H22Cl2N6O5S/c1-28-25(34)33(23-8-6-16(14-31-23)39(35,36)32-24-29-9-4-10-30-24)20-13-19(27)17(12-22(20)38-3)15-5-7-18(26)21(11-15)37-2/h4-14H,1-3H3,(H,28,34)(H,29,30,32). The molecule has 0 aliphatic rings. The van der Waals surface area contributed by atoms with Crippen molar-refractivity contribution in [3.05, 3.63) is 77.2 Å². The first-order chi connectivity index (χ1) is 18.7. The summed E-state index contributed by atoms with van der Waals surface area (Å²) in [4.78, 5) is 26.0. The molecule has 4 aromatic rings. The van der Waals surface area contributed by atoms with E-state index < -0.39 is 16.1 Å². The van der Waals surface area contributed by atoms with Gasteiger partial charge in [-0.15, -0.1) is 0 Å². The molecule has 11 nitrogen and oxygen atoms in total. The molecule has 39 heavy (non-hydrogen) atoms. The molecule has 0 saturated carbocycles. The summed E-state index contributed by atoms with van der Waals surface area (Å²) in [7, 11) is 0.364. The van der Waals surface area contributed by atoms with Crippen molar-refractivity contribution >= 4 is 56.7 Å². The quantitative estimate of drug-likeness (QED) is 0.289. The third-order valence-corrected chi connectivity index (χ3v) is 7.38. The van der Waals surface area contributed by atoms with Crippen molar-refractivity contribution in [2.75, 3.05) is 30.9 Å². The molecule has 0 radical (unpaired) electrons. The molecule has 2 N–H and O–H groups in total. The Bertz CT molecular complexity index is 1610. The lowest BCUT2D eigenvalue weighted by atomic mass is 10.0. The fourth-order valence-electron chi connectivity index (χ4n) is 3.57. The summed E-state index contributed by atoms with van der Waals surface area (Å²) in [6.07, 6.45) is 3.92. The summed E-state index contributed by atoms with van der Waals surface area (Å²) in [5.74, 6) is 0.784. The highest BCUT2D eigenvalue weighted by atomic mass is 35.5. The van der Waals surface area contributed by atoms with E-state index in [2.05, 4.69) is 25.0 Å². The fraction of sp³-hybridized carbons (Fsp3) is 0.120. The van der Waals surface area contributed by atoms with E-state index in [0.717, 1.165) is 6.20 Å². The van der Waals surface area contributed by atoms with Crippen LogP contribution in [0.1, 0.15) is 0 Å². The van der Waals surface area contributed by atoms with Crippen LogP contribution in [0.5, 0.6) is 11.5 Å². The molecule has 2 heterocycles. The van der Waals surface area contributed by atoms with Gasteiger partial charge in [0.25, 0.3) is 10.0 Å². The first-order valence-electron chi connectivity index (χ1n) is 11.2. The van der Waals surface area contributed by atoms with E-state index in [-0.39, 0.29) is 22.3 Å². The van der Waals surface area contributed by atoms with Crippen LogP contribution in [0, 0.1) is 0 Å². The smallest absolute Gasteiger partial charge is 0.327 e. The second-order valence-corrected chi connectivity index (χ2v) is 10.3. The Hall–Kier alpha value is -4.13. The van der Waals surface area contributed by atoms with Gasteiger partial charge in [0, 0.05) is 31.2 Å². The van der Waals surface area contributed by atoms with E-state index in [1.54, 1.807) is 36.4 Å². The molecule has 2 amide bonds. The van der Waals surface area contributed by atoms with E-state index >= 15 is 0 Å². The van der Waals surface area contributed by atoms with Crippen LogP contribution < -0.4 is 24.4 Å². The van der Waals surface area contributed by atoms with E-state index in [9.17, 15) is 13.2 Å². The highest BCUT2D eigenvalue weighted by Gasteiger charge is 2.25. The van der Waals surface area contributed by atoms with Gasteiger partial charge in [-0.25, -0.2) is 37.8 Å². The van der Waals surface area contributed by atoms with Crippen molar-refractivity contribution in [1.29, 1.82) is 0 Å². The number of hydrogen-bond acceptors (Lipinski definition) is 8. The summed E-state index contributed by atoms with van der Waals surface area (Å²) in [6, 6.07) is 12.1. The number of carbonyl (C=O) groups excluding carboxylic acids is 1. The fourth-order valence-corrected chi connectivity index (χ4v) is 4.94. The van der Waals surface area contributed by atoms with Gasteiger partial charge in [0.05, 0.1) is 30.0 Å². The summed E-state index contributed by atoms with van der Waals surface area (Å²) in [6.45, 7) is 0. The minimum Gasteiger partial charge on any atom is -0.495 e. The van der Waals surface area contributed by atoms with Crippen molar-refractivity contribution in [3.8, 4) is 22.6 Å². The van der Waals surface area contributed by atoms with Gasteiger partial charge in [0.15, 0.2) is 0 Å². The topological polar surface area (TPSA) is 136 Å². The lowest BCUT2D eigenvalue weighted by Gasteiger charge is -2.24. The van der Waals surface area contributed by atoms with Crippen molar-refractivity contribution in [3.63, 3.8) is 0 Å². The number of anilines is 3. The highest BCUT2D eigenvalue weighted by molar-refractivity contribution is 7.92. The number of sulfonamides is 1. The van der Waals surface area contributed by atoms with Crippen LogP contribution in [-0.4, -0.2) is 50.7 Å². The number of benzene rings is 2. The van der Waals surface area contributed by atoms with Crippen LogP contribution in [0.3, 0.4) is 0 Å². The molecule has 4 rings (SSSR count). The SMILES string of the molecule is CNC(=O)N(c1ccc(S(=O)(=O)Nc2ncccn2)cn1)c1cc(Cl)c(-c2ccc(Cl)c(OC)c2)cc1OC. The number of hydrogen-bond donors (Lipinski definition) is 2. The summed E-state index contributed by atoms with van der Waals surface area (Å²) in [5, 5.41) is 3.29. The molecule has 0 bridgehead atoms. The molecule has 0 spiro atoms. The Labute approximate surface area is 234 Å². The van der Waals surface area contributed by atoms with Crippen molar-refractivity contribution < 1.29 is 22.7 Å². The van der Waals surface area contributed by atoms with Crippen molar-refractivity contribution in [1.82, 2.24) is 20.3 Å². The van der Waals surface area contributed by atoms with Gasteiger partial charge in [-0.05, 0) is 48.0 Å². The van der Waals surface area contributed by atoms with Crippen LogP contribution in [-0.2, 0) is 10.0 Å². The number of ether oxygens (including phenoxy) is 2. The zero-order chi connectivity index (χ0) is 28.2. The van der Waals surface area contributed by atoms with Crippen molar-refractivity contribution in [2.24, 2.45) is 0 Å². The molecular formula is C25H22Cl2N6O5S. The number of rotatable bonds is 8. The first kappa shape index (κ1) is 27.9. The zero-order valence-corrected chi connectivity index (χ0v) is 23.2. The predicted molar refractivity (Wildman–Crippen MR) is 149 cm³/mol. The summed E-state index contributed by atoms with van der Waals surface area (Å²) >= 11 is 12.8. The van der Waals surface area contributed by atoms with Crippen LogP contribution in [0.4, 0.5) is 22.2 Å². The van der Waals surface area contributed by atoms with Crippen LogP contribution in [0.2, 0.25) is 10.0 Å². The normalized spacial score (nSPS) is 11.0. The minimum atomic E-state index is -4.03. The third kappa shape index (κ3) is 5.98. The minimum absolute atomic E-state index is 0.0914. The average Bonchev–Trinajstić information content (AvgIpc) is 2.94. The maximum Gasteiger partial charge on any atom is 0.327 e. The van der Waals surface area contributed by atoms with Gasteiger partial charge in [-0.2, -0.15) is 0 Å². The molecule has 0 fully saturated rings. The molecular weight excluding hydrogens is 567 g/mol. The molecule has 14 heteroatoms. The lowest BCUT2D eigenvalue weighted by Crippen LogP contribution is -2.35. The van der Waals surface area contributed by atoms with Crippen molar-refractivity contribution in [2.45, 2.75) is 4.90 Å². The van der Waals surface area contributed by atoms with Gasteiger partial charge in [-0.1, -0.05) is 29.3 Å². The monoisotopic (exact) mass is 588 g/mol. The number of methoxy groups -OCH3 is 2. The third-order valence-electron chi connectivity index (χ3n) is 5.44.